The molecule has 2 rings (SSSR count). The van der Waals surface area contributed by atoms with Crippen molar-refractivity contribution in [2.45, 2.75) is 36.6 Å². The van der Waals surface area contributed by atoms with E-state index in [-0.39, 0.29) is 17.9 Å². The maximum atomic E-state index is 11.8. The molecule has 2 N–H and O–H groups in total. The van der Waals surface area contributed by atoms with Crippen molar-refractivity contribution in [2.75, 3.05) is 17.7 Å². The number of anilines is 1. The van der Waals surface area contributed by atoms with Gasteiger partial charge in [0.1, 0.15) is 0 Å². The summed E-state index contributed by atoms with van der Waals surface area (Å²) in [4.78, 5) is 0.365. The molecular weight excluding hydrogens is 250 g/mol. The quantitative estimate of drug-likeness (QED) is 0.826. The van der Waals surface area contributed by atoms with Crippen molar-refractivity contribution >= 4 is 15.5 Å². The van der Waals surface area contributed by atoms with Gasteiger partial charge < -0.3 is 10.4 Å². The predicted molar refractivity (Wildman–Crippen MR) is 71.5 cm³/mol. The molecule has 0 aliphatic heterocycles. The highest BCUT2D eigenvalue weighted by atomic mass is 32.2. The van der Waals surface area contributed by atoms with E-state index in [2.05, 4.69) is 5.32 Å². The molecule has 0 heterocycles. The lowest BCUT2D eigenvalue weighted by atomic mass is 10.2. The van der Waals surface area contributed by atoms with E-state index in [1.807, 2.05) is 6.92 Å². The lowest BCUT2D eigenvalue weighted by molar-refractivity contribution is 0.266. The lowest BCUT2D eigenvalue weighted by Gasteiger charge is -2.16. The summed E-state index contributed by atoms with van der Waals surface area (Å²) in [5.41, 5.74) is 0.682. The first-order valence-electron chi connectivity index (χ1n) is 6.23. The van der Waals surface area contributed by atoms with E-state index in [1.54, 1.807) is 24.3 Å². The number of hydrogen-bond acceptors (Lipinski definition) is 4. The van der Waals surface area contributed by atoms with E-state index in [0.29, 0.717) is 11.3 Å². The van der Waals surface area contributed by atoms with Gasteiger partial charge >= 0.3 is 0 Å². The van der Waals surface area contributed by atoms with E-state index >= 15 is 0 Å². The molecule has 0 radical (unpaired) electrons. The van der Waals surface area contributed by atoms with Crippen molar-refractivity contribution in [3.05, 3.63) is 24.3 Å². The maximum absolute atomic E-state index is 11.8. The average Bonchev–Trinajstić information content (AvgIpc) is 3.10. The van der Waals surface area contributed by atoms with Crippen LogP contribution in [0.4, 0.5) is 5.69 Å². The SMILES string of the molecule is CCCS(=O)(=O)c1ccc(NC2(CO)CC2)cc1. The third kappa shape index (κ3) is 2.84. The zero-order valence-electron chi connectivity index (χ0n) is 10.5. The molecule has 1 saturated carbocycles. The van der Waals surface area contributed by atoms with Crippen molar-refractivity contribution < 1.29 is 13.5 Å². The van der Waals surface area contributed by atoms with Crippen LogP contribution in [0.3, 0.4) is 0 Å². The zero-order chi connectivity index (χ0) is 13.2. The maximum Gasteiger partial charge on any atom is 0.178 e. The van der Waals surface area contributed by atoms with E-state index in [9.17, 15) is 13.5 Å². The van der Waals surface area contributed by atoms with E-state index in [1.165, 1.54) is 0 Å². The summed E-state index contributed by atoms with van der Waals surface area (Å²) < 4.78 is 23.7. The Morgan fingerprint density at radius 2 is 1.89 bits per heavy atom. The van der Waals surface area contributed by atoms with E-state index in [0.717, 1.165) is 18.5 Å². The Morgan fingerprint density at radius 1 is 1.28 bits per heavy atom. The third-order valence-corrected chi connectivity index (χ3v) is 5.19. The van der Waals surface area contributed by atoms with Crippen molar-refractivity contribution in [1.29, 1.82) is 0 Å². The molecule has 1 aromatic rings. The summed E-state index contributed by atoms with van der Waals surface area (Å²) in [6, 6.07) is 6.78. The van der Waals surface area contributed by atoms with Crippen LogP contribution in [-0.4, -0.2) is 31.4 Å². The Bertz CT molecular complexity index is 504. The second kappa shape index (κ2) is 4.90. The molecule has 0 saturated heterocycles. The predicted octanol–water partition coefficient (Wildman–Crippen LogP) is 1.81. The Labute approximate surface area is 108 Å². The highest BCUT2D eigenvalue weighted by molar-refractivity contribution is 7.91. The molecule has 18 heavy (non-hydrogen) atoms. The summed E-state index contributed by atoms with van der Waals surface area (Å²) in [7, 11) is -3.14. The van der Waals surface area contributed by atoms with Gasteiger partial charge in [-0.25, -0.2) is 8.42 Å². The monoisotopic (exact) mass is 269 g/mol. The van der Waals surface area contributed by atoms with Crippen molar-refractivity contribution in [2.24, 2.45) is 0 Å². The fraction of sp³-hybridized carbons (Fsp3) is 0.538. The molecule has 4 nitrogen and oxygen atoms in total. The number of aliphatic hydroxyl groups is 1. The molecular formula is C13H19NO3S. The van der Waals surface area contributed by atoms with Crippen LogP contribution in [0, 0.1) is 0 Å². The molecule has 1 fully saturated rings. The first-order valence-corrected chi connectivity index (χ1v) is 7.88. The number of sulfone groups is 1. The number of nitrogens with one attached hydrogen (secondary N) is 1. The van der Waals surface area contributed by atoms with Crippen LogP contribution in [0.1, 0.15) is 26.2 Å². The van der Waals surface area contributed by atoms with Gasteiger partial charge in [-0.15, -0.1) is 0 Å². The molecule has 0 atom stereocenters. The Balaban J connectivity index is 2.11. The van der Waals surface area contributed by atoms with E-state index in [4.69, 9.17) is 0 Å². The molecule has 1 aromatic carbocycles. The Kier molecular flexibility index (Phi) is 3.64. The first kappa shape index (κ1) is 13.4. The molecule has 0 amide bonds. The second-order valence-corrected chi connectivity index (χ2v) is 7.02. The van der Waals surface area contributed by atoms with Crippen LogP contribution in [0.25, 0.3) is 0 Å². The van der Waals surface area contributed by atoms with Crippen LogP contribution in [-0.2, 0) is 9.84 Å². The van der Waals surface area contributed by atoms with Crippen LogP contribution >= 0.6 is 0 Å². The van der Waals surface area contributed by atoms with E-state index < -0.39 is 9.84 Å². The summed E-state index contributed by atoms with van der Waals surface area (Å²) >= 11 is 0. The minimum atomic E-state index is -3.14. The number of aliphatic hydroxyl groups excluding tert-OH is 1. The Morgan fingerprint density at radius 3 is 2.33 bits per heavy atom. The molecule has 100 valence electrons. The van der Waals surface area contributed by atoms with Crippen molar-refractivity contribution in [1.82, 2.24) is 0 Å². The molecule has 0 bridgehead atoms. The lowest BCUT2D eigenvalue weighted by Crippen LogP contribution is -2.25. The summed E-state index contributed by atoms with van der Waals surface area (Å²) in [6.45, 7) is 1.97. The fourth-order valence-corrected chi connectivity index (χ4v) is 3.24. The topological polar surface area (TPSA) is 66.4 Å². The molecule has 0 spiro atoms. The van der Waals surface area contributed by atoms with Gasteiger partial charge in [0, 0.05) is 5.69 Å². The summed E-state index contributed by atoms with van der Waals surface area (Å²) in [5, 5.41) is 12.5. The van der Waals surface area contributed by atoms with Crippen LogP contribution in [0.15, 0.2) is 29.2 Å². The molecule has 1 aliphatic carbocycles. The van der Waals surface area contributed by atoms with Crippen molar-refractivity contribution in [3.8, 4) is 0 Å². The Hall–Kier alpha value is -1.07. The van der Waals surface area contributed by atoms with Gasteiger partial charge in [0.25, 0.3) is 0 Å². The fourth-order valence-electron chi connectivity index (χ4n) is 1.91. The standard InChI is InChI=1S/C13H19NO3S/c1-2-9-18(16,17)12-5-3-11(4-6-12)14-13(10-15)7-8-13/h3-6,14-15H,2,7-10H2,1H3. The van der Waals surface area contributed by atoms with Gasteiger partial charge in [-0.1, -0.05) is 6.92 Å². The second-order valence-electron chi connectivity index (χ2n) is 4.91. The largest absolute Gasteiger partial charge is 0.394 e. The van der Waals surface area contributed by atoms with Gasteiger partial charge in [0.05, 0.1) is 22.8 Å². The molecule has 0 unspecified atom stereocenters. The number of hydrogen-bond donors (Lipinski definition) is 2. The van der Waals surface area contributed by atoms with Gasteiger partial charge in [-0.05, 0) is 43.5 Å². The highest BCUT2D eigenvalue weighted by Crippen LogP contribution is 2.38. The minimum absolute atomic E-state index is 0.114. The van der Waals surface area contributed by atoms with Crippen LogP contribution < -0.4 is 5.32 Å². The smallest absolute Gasteiger partial charge is 0.178 e. The zero-order valence-corrected chi connectivity index (χ0v) is 11.3. The summed E-state index contributed by atoms with van der Waals surface area (Å²) in [5.74, 6) is 0.181. The first-order chi connectivity index (χ1) is 8.51. The van der Waals surface area contributed by atoms with Crippen molar-refractivity contribution in [3.63, 3.8) is 0 Å². The average molecular weight is 269 g/mol. The summed E-state index contributed by atoms with van der Waals surface area (Å²) in [6.07, 6.45) is 2.54. The molecule has 0 aromatic heterocycles. The van der Waals surface area contributed by atoms with Gasteiger partial charge in [-0.3, -0.25) is 0 Å². The van der Waals surface area contributed by atoms with Gasteiger partial charge in [0.2, 0.25) is 0 Å². The number of benzene rings is 1. The molecule has 5 heteroatoms. The van der Waals surface area contributed by atoms with Crippen LogP contribution in [0.2, 0.25) is 0 Å². The normalized spacial score (nSPS) is 17.4. The minimum Gasteiger partial charge on any atom is -0.394 e. The molecule has 1 aliphatic rings. The van der Waals surface area contributed by atoms with Crippen LogP contribution in [0.5, 0.6) is 0 Å². The van der Waals surface area contributed by atoms with Gasteiger partial charge in [0.15, 0.2) is 9.84 Å². The van der Waals surface area contributed by atoms with Gasteiger partial charge in [-0.2, -0.15) is 0 Å². The highest BCUT2D eigenvalue weighted by Gasteiger charge is 2.41. The number of rotatable bonds is 6. The third-order valence-electron chi connectivity index (χ3n) is 3.25.